The summed E-state index contributed by atoms with van der Waals surface area (Å²) in [6, 6.07) is 18.1. The molecule has 7 heteroatoms. The highest BCUT2D eigenvalue weighted by Gasteiger charge is 2.25. The van der Waals surface area contributed by atoms with Gasteiger partial charge in [0.15, 0.2) is 5.82 Å². The van der Waals surface area contributed by atoms with Crippen molar-refractivity contribution in [2.75, 3.05) is 5.06 Å². The lowest BCUT2D eigenvalue weighted by atomic mass is 10.2. The van der Waals surface area contributed by atoms with E-state index in [0.29, 0.717) is 17.0 Å². The summed E-state index contributed by atoms with van der Waals surface area (Å²) in [6.07, 6.45) is 0. The topological polar surface area (TPSA) is 72.4 Å². The van der Waals surface area contributed by atoms with Gasteiger partial charge in [-0.05, 0) is 31.2 Å². The van der Waals surface area contributed by atoms with E-state index in [-0.39, 0.29) is 11.0 Å². The van der Waals surface area contributed by atoms with Crippen molar-refractivity contribution in [1.29, 1.82) is 0 Å². The Labute approximate surface area is 155 Å². The summed E-state index contributed by atoms with van der Waals surface area (Å²) in [5.41, 5.74) is 0.635. The Hall–Kier alpha value is -3.25. The molecule has 0 N–H and O–H groups in total. The molecular weight excluding hydrogens is 354 g/mol. The lowest BCUT2D eigenvalue weighted by molar-refractivity contribution is 0.0405. The van der Waals surface area contributed by atoms with Crippen molar-refractivity contribution in [2.45, 2.75) is 6.92 Å². The number of hydroxylamine groups is 1. The molecule has 0 bridgehead atoms. The minimum Gasteiger partial charge on any atom is -0.326 e. The summed E-state index contributed by atoms with van der Waals surface area (Å²) in [4.78, 5) is 38.8. The summed E-state index contributed by atoms with van der Waals surface area (Å²) in [6.45, 7) is 1.62. The monoisotopic (exact) mass is 367 g/mol. The van der Waals surface area contributed by atoms with Gasteiger partial charge in [0.2, 0.25) is 0 Å². The van der Waals surface area contributed by atoms with Gasteiger partial charge in [-0.25, -0.2) is 14.8 Å². The normalized spacial score (nSPS) is 10.2. The summed E-state index contributed by atoms with van der Waals surface area (Å²) >= 11 is 5.97. The highest BCUT2D eigenvalue weighted by atomic mass is 35.5. The molecule has 0 aliphatic rings. The van der Waals surface area contributed by atoms with E-state index in [1.54, 1.807) is 67.6 Å². The van der Waals surface area contributed by atoms with Crippen LogP contribution in [0.3, 0.4) is 0 Å². The number of hydrogen-bond donors (Lipinski definition) is 0. The van der Waals surface area contributed by atoms with Gasteiger partial charge in [0.1, 0.15) is 11.0 Å². The quantitative estimate of drug-likeness (QED) is 0.519. The maximum absolute atomic E-state index is 12.9. The van der Waals surface area contributed by atoms with Crippen molar-refractivity contribution in [3.8, 4) is 0 Å². The van der Waals surface area contributed by atoms with E-state index in [1.165, 1.54) is 6.07 Å². The van der Waals surface area contributed by atoms with Gasteiger partial charge in [-0.3, -0.25) is 4.79 Å². The molecule has 3 aromatic rings. The van der Waals surface area contributed by atoms with Crippen molar-refractivity contribution in [1.82, 2.24) is 9.97 Å². The van der Waals surface area contributed by atoms with E-state index in [2.05, 4.69) is 9.97 Å². The largest absolute Gasteiger partial charge is 0.363 e. The number of rotatable bonds is 3. The van der Waals surface area contributed by atoms with Crippen LogP contribution < -0.4 is 5.06 Å². The minimum absolute atomic E-state index is 0.0700. The molecule has 1 heterocycles. The number of anilines is 1. The fourth-order valence-electron chi connectivity index (χ4n) is 2.22. The maximum atomic E-state index is 12.9. The Morgan fingerprint density at radius 1 is 0.923 bits per heavy atom. The second kappa shape index (κ2) is 7.76. The molecule has 2 aromatic carbocycles. The fourth-order valence-corrected chi connectivity index (χ4v) is 2.44. The molecule has 0 saturated carbocycles. The molecule has 1 aromatic heterocycles. The Kier molecular flexibility index (Phi) is 5.24. The van der Waals surface area contributed by atoms with Crippen LogP contribution in [0.15, 0.2) is 66.7 Å². The predicted molar refractivity (Wildman–Crippen MR) is 96.9 cm³/mol. The first kappa shape index (κ1) is 17.6. The molecule has 1 amide bonds. The molecule has 0 fully saturated rings. The molecule has 0 unspecified atom stereocenters. The summed E-state index contributed by atoms with van der Waals surface area (Å²) in [7, 11) is 0. The fraction of sp³-hybridized carbons (Fsp3) is 0.0526. The number of carbonyl (C=O) groups is 2. The van der Waals surface area contributed by atoms with Crippen LogP contribution in [0.5, 0.6) is 0 Å². The standard InChI is InChI=1S/C19H14ClN3O3/c1-13-21-16(20)12-17(22-13)23(18(24)14-8-4-2-5-9-14)26-19(25)15-10-6-3-7-11-15/h2-12H,1H3. The molecular formula is C19H14ClN3O3. The minimum atomic E-state index is -0.692. The average molecular weight is 368 g/mol. The second-order valence-corrected chi connectivity index (χ2v) is 5.69. The van der Waals surface area contributed by atoms with Crippen molar-refractivity contribution in [3.63, 3.8) is 0 Å². The van der Waals surface area contributed by atoms with Gasteiger partial charge in [0.05, 0.1) is 5.56 Å². The molecule has 26 heavy (non-hydrogen) atoms. The van der Waals surface area contributed by atoms with Crippen LogP contribution in [-0.4, -0.2) is 21.8 Å². The zero-order chi connectivity index (χ0) is 18.5. The van der Waals surface area contributed by atoms with Crippen molar-refractivity contribution < 1.29 is 14.4 Å². The van der Waals surface area contributed by atoms with Gasteiger partial charge in [-0.15, -0.1) is 5.06 Å². The Morgan fingerprint density at radius 3 is 2.08 bits per heavy atom. The van der Waals surface area contributed by atoms with E-state index >= 15 is 0 Å². The SMILES string of the molecule is Cc1nc(Cl)cc(N(OC(=O)c2ccccc2)C(=O)c2ccccc2)n1. The average Bonchev–Trinajstić information content (AvgIpc) is 2.66. The Balaban J connectivity index is 1.98. The van der Waals surface area contributed by atoms with Gasteiger partial charge >= 0.3 is 5.97 Å². The van der Waals surface area contributed by atoms with Crippen LogP contribution in [0.2, 0.25) is 5.15 Å². The number of hydrogen-bond acceptors (Lipinski definition) is 5. The number of carbonyl (C=O) groups excluding carboxylic acids is 2. The first-order chi connectivity index (χ1) is 12.5. The highest BCUT2D eigenvalue weighted by Crippen LogP contribution is 2.20. The molecule has 0 radical (unpaired) electrons. The highest BCUT2D eigenvalue weighted by molar-refractivity contribution is 6.29. The van der Waals surface area contributed by atoms with Crippen LogP contribution in [0.25, 0.3) is 0 Å². The number of amides is 1. The van der Waals surface area contributed by atoms with Crippen LogP contribution in [-0.2, 0) is 4.84 Å². The van der Waals surface area contributed by atoms with Crippen LogP contribution in [0.1, 0.15) is 26.5 Å². The van der Waals surface area contributed by atoms with Crippen molar-refractivity contribution in [2.24, 2.45) is 0 Å². The smallest absolute Gasteiger partial charge is 0.326 e. The molecule has 0 saturated heterocycles. The zero-order valence-corrected chi connectivity index (χ0v) is 14.6. The van der Waals surface area contributed by atoms with Gasteiger partial charge in [-0.2, -0.15) is 0 Å². The lowest BCUT2D eigenvalue weighted by Crippen LogP contribution is -2.34. The number of benzene rings is 2. The number of nitrogens with zero attached hydrogens (tertiary/aromatic N) is 3. The zero-order valence-electron chi connectivity index (χ0n) is 13.8. The summed E-state index contributed by atoms with van der Waals surface area (Å²) in [5.74, 6) is -0.832. The Morgan fingerprint density at radius 2 is 1.50 bits per heavy atom. The first-order valence-corrected chi connectivity index (χ1v) is 8.10. The van der Waals surface area contributed by atoms with Gasteiger partial charge < -0.3 is 4.84 Å². The lowest BCUT2D eigenvalue weighted by Gasteiger charge is -2.20. The van der Waals surface area contributed by atoms with Crippen LogP contribution in [0.4, 0.5) is 5.82 Å². The Bertz CT molecular complexity index is 913. The van der Waals surface area contributed by atoms with E-state index < -0.39 is 11.9 Å². The molecule has 0 spiro atoms. The van der Waals surface area contributed by atoms with E-state index in [0.717, 1.165) is 5.06 Å². The van der Waals surface area contributed by atoms with Crippen LogP contribution in [0, 0.1) is 6.92 Å². The van der Waals surface area contributed by atoms with E-state index in [9.17, 15) is 9.59 Å². The maximum Gasteiger partial charge on any atom is 0.363 e. The van der Waals surface area contributed by atoms with E-state index in [1.807, 2.05) is 0 Å². The number of aromatic nitrogens is 2. The molecule has 0 atom stereocenters. The number of halogens is 1. The van der Waals surface area contributed by atoms with Crippen LogP contribution >= 0.6 is 11.6 Å². The summed E-state index contributed by atoms with van der Waals surface area (Å²) < 4.78 is 0. The molecule has 130 valence electrons. The van der Waals surface area contributed by atoms with Crippen molar-refractivity contribution in [3.05, 3.63) is 88.8 Å². The molecule has 3 rings (SSSR count). The third-order valence-electron chi connectivity index (χ3n) is 3.39. The molecule has 0 aliphatic carbocycles. The third kappa shape index (κ3) is 4.04. The van der Waals surface area contributed by atoms with Gasteiger partial charge in [0, 0.05) is 11.6 Å². The first-order valence-electron chi connectivity index (χ1n) is 7.72. The van der Waals surface area contributed by atoms with Gasteiger partial charge in [0.25, 0.3) is 5.91 Å². The van der Waals surface area contributed by atoms with Crippen molar-refractivity contribution >= 4 is 29.3 Å². The molecule has 0 aliphatic heterocycles. The number of aryl methyl sites for hydroxylation is 1. The predicted octanol–water partition coefficient (Wildman–Crippen LogP) is 3.86. The summed E-state index contributed by atoms with van der Waals surface area (Å²) in [5, 5.41) is 0.958. The molecule has 6 nitrogen and oxygen atoms in total. The third-order valence-corrected chi connectivity index (χ3v) is 3.58. The van der Waals surface area contributed by atoms with Gasteiger partial charge in [-0.1, -0.05) is 48.0 Å². The second-order valence-electron chi connectivity index (χ2n) is 5.31. The van der Waals surface area contributed by atoms with E-state index in [4.69, 9.17) is 16.4 Å².